The van der Waals surface area contributed by atoms with Crippen molar-refractivity contribution < 1.29 is 14.3 Å². The van der Waals surface area contributed by atoms with E-state index in [1.807, 2.05) is 24.3 Å². The summed E-state index contributed by atoms with van der Waals surface area (Å²) in [5.74, 6) is -1.16. The number of carbonyl (C=O) groups excluding carboxylic acids is 1. The number of phenolic OH excluding ortho intramolecular Hbond substituents is 1. The van der Waals surface area contributed by atoms with Gasteiger partial charge in [0, 0.05) is 0 Å². The molecule has 0 aliphatic rings. The highest BCUT2D eigenvalue weighted by molar-refractivity contribution is 6.09. The molecule has 0 radical (unpaired) electrons. The molecule has 110 valence electrons. The summed E-state index contributed by atoms with van der Waals surface area (Å²) in [6.07, 6.45) is 0. The number of aromatic hydroxyl groups is 1. The normalized spacial score (nSPS) is 10.6. The third-order valence-corrected chi connectivity index (χ3v) is 3.64. The van der Waals surface area contributed by atoms with E-state index in [1.165, 1.54) is 12.1 Å². The van der Waals surface area contributed by atoms with Gasteiger partial charge in [0.05, 0.1) is 11.3 Å². The van der Waals surface area contributed by atoms with E-state index in [4.69, 9.17) is 0 Å². The van der Waals surface area contributed by atoms with Crippen LogP contribution < -0.4 is 5.32 Å². The highest BCUT2D eigenvalue weighted by atomic mass is 19.1. The molecule has 0 saturated heterocycles. The van der Waals surface area contributed by atoms with Crippen LogP contribution in [0.3, 0.4) is 0 Å². The number of aryl methyl sites for hydroxylation is 1. The first-order valence-electron chi connectivity index (χ1n) is 6.85. The second-order valence-electron chi connectivity index (χ2n) is 5.05. The number of benzene rings is 3. The van der Waals surface area contributed by atoms with Gasteiger partial charge < -0.3 is 10.4 Å². The Kier molecular flexibility index (Phi) is 3.51. The Morgan fingerprint density at radius 1 is 1.09 bits per heavy atom. The summed E-state index contributed by atoms with van der Waals surface area (Å²) >= 11 is 0. The number of nitrogens with one attached hydrogen (secondary N) is 1. The Hall–Kier alpha value is -2.88. The van der Waals surface area contributed by atoms with Gasteiger partial charge in [-0.05, 0) is 41.5 Å². The van der Waals surface area contributed by atoms with Crippen molar-refractivity contribution in [1.29, 1.82) is 0 Å². The van der Waals surface area contributed by atoms with Crippen molar-refractivity contribution in [3.63, 3.8) is 0 Å². The maximum atomic E-state index is 13.6. The molecule has 22 heavy (non-hydrogen) atoms. The van der Waals surface area contributed by atoms with Crippen LogP contribution in [0, 0.1) is 12.7 Å². The van der Waals surface area contributed by atoms with Gasteiger partial charge >= 0.3 is 0 Å². The van der Waals surface area contributed by atoms with Crippen molar-refractivity contribution in [2.75, 3.05) is 5.32 Å². The highest BCUT2D eigenvalue weighted by Gasteiger charge is 2.16. The van der Waals surface area contributed by atoms with Crippen molar-refractivity contribution in [3.05, 3.63) is 71.5 Å². The Morgan fingerprint density at radius 3 is 2.55 bits per heavy atom. The van der Waals surface area contributed by atoms with Crippen LogP contribution in [0.1, 0.15) is 15.9 Å². The van der Waals surface area contributed by atoms with Gasteiger partial charge in [0.25, 0.3) is 5.91 Å². The van der Waals surface area contributed by atoms with Crippen LogP contribution in [0.2, 0.25) is 0 Å². The van der Waals surface area contributed by atoms with E-state index in [1.54, 1.807) is 25.1 Å². The molecule has 0 atom stereocenters. The minimum Gasteiger partial charge on any atom is -0.507 e. The minimum absolute atomic E-state index is 0.0812. The monoisotopic (exact) mass is 295 g/mol. The number of carbonyl (C=O) groups is 1. The number of anilines is 1. The van der Waals surface area contributed by atoms with E-state index < -0.39 is 11.7 Å². The van der Waals surface area contributed by atoms with E-state index in [9.17, 15) is 14.3 Å². The number of rotatable bonds is 2. The summed E-state index contributed by atoms with van der Waals surface area (Å²) < 4.78 is 13.6. The summed E-state index contributed by atoms with van der Waals surface area (Å²) in [4.78, 5) is 12.3. The molecule has 0 fully saturated rings. The molecule has 3 rings (SSSR count). The predicted octanol–water partition coefficient (Wildman–Crippen LogP) is 4.25. The van der Waals surface area contributed by atoms with Crippen LogP contribution in [-0.2, 0) is 0 Å². The largest absolute Gasteiger partial charge is 0.507 e. The maximum absolute atomic E-state index is 13.6. The molecule has 4 heteroatoms. The van der Waals surface area contributed by atoms with E-state index in [2.05, 4.69) is 5.32 Å². The topological polar surface area (TPSA) is 49.3 Å². The predicted molar refractivity (Wildman–Crippen MR) is 84.7 cm³/mol. The van der Waals surface area contributed by atoms with Crippen LogP contribution >= 0.6 is 0 Å². The Bertz CT molecular complexity index is 874. The summed E-state index contributed by atoms with van der Waals surface area (Å²) in [6.45, 7) is 1.75. The van der Waals surface area contributed by atoms with Crippen molar-refractivity contribution in [2.45, 2.75) is 6.92 Å². The summed E-state index contributed by atoms with van der Waals surface area (Å²) in [5.41, 5.74) is 0.828. The van der Waals surface area contributed by atoms with Gasteiger partial charge in [-0.25, -0.2) is 4.39 Å². The number of para-hydroxylation sites is 1. The number of hydrogen-bond acceptors (Lipinski definition) is 2. The van der Waals surface area contributed by atoms with Crippen LogP contribution in [0.5, 0.6) is 5.75 Å². The Morgan fingerprint density at radius 2 is 1.77 bits per heavy atom. The standard InChI is InChI=1S/C18H14FNO2/c1-11-13-7-3-2-6-12(13)10-14(17(11)21)18(22)20-16-9-5-4-8-15(16)19/h2-10,21H,1H3,(H,20,22). The van der Waals surface area contributed by atoms with Crippen LogP contribution in [0.4, 0.5) is 10.1 Å². The van der Waals surface area contributed by atoms with Crippen LogP contribution in [0.15, 0.2) is 54.6 Å². The minimum atomic E-state index is -0.545. The van der Waals surface area contributed by atoms with E-state index in [-0.39, 0.29) is 17.0 Å². The van der Waals surface area contributed by atoms with Gasteiger partial charge in [-0.2, -0.15) is 0 Å². The van der Waals surface area contributed by atoms with Gasteiger partial charge in [-0.15, -0.1) is 0 Å². The smallest absolute Gasteiger partial charge is 0.259 e. The van der Waals surface area contributed by atoms with Crippen LogP contribution in [-0.4, -0.2) is 11.0 Å². The van der Waals surface area contributed by atoms with Gasteiger partial charge in [0.15, 0.2) is 0 Å². The molecule has 3 aromatic carbocycles. The summed E-state index contributed by atoms with van der Waals surface area (Å²) in [5, 5.41) is 14.5. The number of halogens is 1. The number of hydrogen-bond donors (Lipinski definition) is 2. The molecule has 1 amide bonds. The van der Waals surface area contributed by atoms with Gasteiger partial charge in [0.2, 0.25) is 0 Å². The third-order valence-electron chi connectivity index (χ3n) is 3.64. The summed E-state index contributed by atoms with van der Waals surface area (Å²) in [7, 11) is 0. The van der Waals surface area contributed by atoms with Gasteiger partial charge in [-0.1, -0.05) is 36.4 Å². The molecule has 2 N–H and O–H groups in total. The zero-order chi connectivity index (χ0) is 15.7. The average Bonchev–Trinajstić information content (AvgIpc) is 2.53. The lowest BCUT2D eigenvalue weighted by atomic mass is 10.00. The lowest BCUT2D eigenvalue weighted by Crippen LogP contribution is -2.13. The quantitative estimate of drug-likeness (QED) is 0.742. The molecule has 0 bridgehead atoms. The fraction of sp³-hybridized carbons (Fsp3) is 0.0556. The number of fused-ring (bicyclic) bond motifs is 1. The molecule has 3 aromatic rings. The lowest BCUT2D eigenvalue weighted by molar-refractivity contribution is 0.102. The molecule has 0 saturated carbocycles. The van der Waals surface area contributed by atoms with Crippen molar-refractivity contribution in [2.24, 2.45) is 0 Å². The molecule has 0 aromatic heterocycles. The Labute approximate surface area is 127 Å². The molecule has 0 heterocycles. The fourth-order valence-corrected chi connectivity index (χ4v) is 2.44. The van der Waals surface area contributed by atoms with E-state index >= 15 is 0 Å². The first-order valence-corrected chi connectivity index (χ1v) is 6.85. The third kappa shape index (κ3) is 2.39. The first kappa shape index (κ1) is 14.1. The molecule has 0 aliphatic carbocycles. The SMILES string of the molecule is Cc1c(O)c(C(=O)Nc2ccccc2F)cc2ccccc12. The Balaban J connectivity index is 2.04. The van der Waals surface area contributed by atoms with Crippen LogP contribution in [0.25, 0.3) is 10.8 Å². The fourth-order valence-electron chi connectivity index (χ4n) is 2.44. The second-order valence-corrected chi connectivity index (χ2v) is 5.05. The molecular weight excluding hydrogens is 281 g/mol. The lowest BCUT2D eigenvalue weighted by Gasteiger charge is -2.11. The van der Waals surface area contributed by atoms with Crippen molar-refractivity contribution >= 4 is 22.4 Å². The molecule has 0 unspecified atom stereocenters. The number of amides is 1. The maximum Gasteiger partial charge on any atom is 0.259 e. The first-order chi connectivity index (χ1) is 10.6. The molecule has 0 aliphatic heterocycles. The molecular formula is C18H14FNO2. The van der Waals surface area contributed by atoms with E-state index in [0.717, 1.165) is 10.8 Å². The second kappa shape index (κ2) is 5.48. The summed E-state index contributed by atoms with van der Waals surface area (Å²) in [6, 6.07) is 15.0. The zero-order valence-corrected chi connectivity index (χ0v) is 11.9. The van der Waals surface area contributed by atoms with E-state index in [0.29, 0.717) is 5.56 Å². The van der Waals surface area contributed by atoms with Gasteiger partial charge in [0.1, 0.15) is 11.6 Å². The average molecular weight is 295 g/mol. The van der Waals surface area contributed by atoms with Crippen molar-refractivity contribution in [1.82, 2.24) is 0 Å². The highest BCUT2D eigenvalue weighted by Crippen LogP contribution is 2.31. The number of phenols is 1. The van der Waals surface area contributed by atoms with Gasteiger partial charge in [-0.3, -0.25) is 4.79 Å². The molecule has 3 nitrogen and oxygen atoms in total. The van der Waals surface area contributed by atoms with Crippen molar-refractivity contribution in [3.8, 4) is 5.75 Å². The molecule has 0 spiro atoms. The zero-order valence-electron chi connectivity index (χ0n) is 11.9.